The highest BCUT2D eigenvalue weighted by Crippen LogP contribution is 2.53. The summed E-state index contributed by atoms with van der Waals surface area (Å²) in [6.45, 7) is -10.9. The van der Waals surface area contributed by atoms with Gasteiger partial charge >= 0.3 is 0 Å². The van der Waals surface area contributed by atoms with E-state index in [0.717, 1.165) is 0 Å². The lowest BCUT2D eigenvalue weighted by Crippen LogP contribution is -2.15. The quantitative estimate of drug-likeness (QED) is 0.0583. The van der Waals surface area contributed by atoms with Crippen LogP contribution in [-0.2, 0) is 33.0 Å². The van der Waals surface area contributed by atoms with Gasteiger partial charge in [0.25, 0.3) is 0 Å². The molecule has 0 bridgehead atoms. The molecule has 30 heteroatoms. The van der Waals surface area contributed by atoms with Gasteiger partial charge in [-0.05, 0) is 0 Å². The third-order valence-electron chi connectivity index (χ3n) is 9.45. The molecule has 0 N–H and O–H groups in total. The lowest BCUT2D eigenvalue weighted by Gasteiger charge is -2.24. The molecule has 71 heavy (non-hydrogen) atoms. The zero-order valence-electron chi connectivity index (χ0n) is 33.1. The molecule has 0 radical (unpaired) electrons. The van der Waals surface area contributed by atoms with E-state index in [0.29, 0.717) is 0 Å². The number of hydrogen-bond acceptors (Lipinski definition) is 5. The SMILES string of the molecule is Fc1c(F)c(F)c(COc2cc(OCc3c(F)c(F)c(F)c(F)c3F)c(OCc3c(F)c(F)c(F)c(F)c3F)c(OCc3c(F)c(F)c(F)c(F)c3F)c2OCc2c(F)c(F)c(F)c(F)c2F)c(F)c1F. The van der Waals surface area contributed by atoms with Crippen molar-refractivity contribution in [3.63, 3.8) is 0 Å². The molecule has 380 valence electrons. The van der Waals surface area contributed by atoms with Crippen LogP contribution in [0.5, 0.6) is 28.7 Å². The summed E-state index contributed by atoms with van der Waals surface area (Å²) in [5, 5.41) is 0. The van der Waals surface area contributed by atoms with Crippen LogP contribution in [0.4, 0.5) is 110 Å². The normalized spacial score (nSPS) is 11.5. The van der Waals surface area contributed by atoms with Gasteiger partial charge < -0.3 is 23.7 Å². The summed E-state index contributed by atoms with van der Waals surface area (Å²) in [7, 11) is 0. The second kappa shape index (κ2) is 20.1. The van der Waals surface area contributed by atoms with Crippen molar-refractivity contribution in [2.45, 2.75) is 33.0 Å². The summed E-state index contributed by atoms with van der Waals surface area (Å²) < 4.78 is 386. The van der Waals surface area contributed by atoms with Gasteiger partial charge in [0.05, 0.1) is 27.8 Å². The lowest BCUT2D eigenvalue weighted by molar-refractivity contribution is 0.189. The van der Waals surface area contributed by atoms with E-state index in [1.165, 1.54) is 0 Å². The molecule has 0 unspecified atom stereocenters. The van der Waals surface area contributed by atoms with Gasteiger partial charge in [-0.3, -0.25) is 0 Å². The summed E-state index contributed by atoms with van der Waals surface area (Å²) >= 11 is 0. The van der Waals surface area contributed by atoms with Gasteiger partial charge in [-0.25, -0.2) is 110 Å². The number of hydrogen-bond donors (Lipinski definition) is 0. The third kappa shape index (κ3) is 9.25. The van der Waals surface area contributed by atoms with Crippen molar-refractivity contribution in [3.8, 4) is 28.7 Å². The van der Waals surface area contributed by atoms with Crippen LogP contribution in [0.15, 0.2) is 6.07 Å². The van der Waals surface area contributed by atoms with Crippen molar-refractivity contribution in [2.75, 3.05) is 0 Å². The molecule has 0 fully saturated rings. The molecule has 0 saturated carbocycles. The second-order valence-corrected chi connectivity index (χ2v) is 13.5. The van der Waals surface area contributed by atoms with Crippen LogP contribution in [0.2, 0.25) is 0 Å². The maximum absolute atomic E-state index is 15.0. The van der Waals surface area contributed by atoms with E-state index in [1.807, 2.05) is 0 Å². The predicted octanol–water partition coefficient (Wildman–Crippen LogP) is 13.1. The number of halogens is 25. The van der Waals surface area contributed by atoms with Crippen molar-refractivity contribution < 1.29 is 133 Å². The van der Waals surface area contributed by atoms with Gasteiger partial charge in [0.2, 0.25) is 46.3 Å². The largest absolute Gasteiger partial charge is 0.484 e. The summed E-state index contributed by atoms with van der Waals surface area (Å²) in [5.74, 6) is -78.8. The van der Waals surface area contributed by atoms with E-state index >= 15 is 0 Å². The summed E-state index contributed by atoms with van der Waals surface area (Å²) in [6, 6.07) is -0.120. The Balaban J connectivity index is 1.69. The summed E-state index contributed by atoms with van der Waals surface area (Å²) in [6.07, 6.45) is 0. The van der Waals surface area contributed by atoms with Gasteiger partial charge in [0.1, 0.15) is 33.0 Å². The van der Waals surface area contributed by atoms with Crippen LogP contribution in [-0.4, -0.2) is 0 Å². The molecule has 0 saturated heterocycles. The topological polar surface area (TPSA) is 46.2 Å². The van der Waals surface area contributed by atoms with Gasteiger partial charge in [-0.1, -0.05) is 0 Å². The highest BCUT2D eigenvalue weighted by molar-refractivity contribution is 5.66. The van der Waals surface area contributed by atoms with E-state index in [1.54, 1.807) is 0 Å². The molecule has 0 aliphatic heterocycles. The molecule has 6 aromatic carbocycles. The average molecular weight is 1060 g/mol. The van der Waals surface area contributed by atoms with Crippen LogP contribution >= 0.6 is 0 Å². The Labute approximate surface area is 374 Å². The fraction of sp³-hybridized carbons (Fsp3) is 0.122. The van der Waals surface area contributed by atoms with E-state index in [2.05, 4.69) is 0 Å². The van der Waals surface area contributed by atoms with E-state index in [-0.39, 0.29) is 6.07 Å². The Morgan fingerprint density at radius 3 is 0.507 bits per heavy atom. The van der Waals surface area contributed by atoms with Crippen molar-refractivity contribution in [2.24, 2.45) is 0 Å². The van der Waals surface area contributed by atoms with Crippen LogP contribution in [0.1, 0.15) is 27.8 Å². The standard InChI is InChI=1S/C41H11F25O5/c42-14-7(15(43)25(53)34(62)24(14)52)2-67-12-1-13(68-3-8-16(44)26(54)35(63)27(55)17(8)45)40(70-5-10-20(48)30(58)37(65)31(59)21(10)49)41(71-6-11-22(50)32(60)38(66)33(61)23(11)51)39(12)69-4-9-18(46)28(56)36(64)29(57)19(9)47/h1H,2-6H2. The minimum absolute atomic E-state index is 0.120. The van der Waals surface area contributed by atoms with Crippen molar-refractivity contribution in [3.05, 3.63) is 179 Å². The van der Waals surface area contributed by atoms with E-state index in [9.17, 15) is 110 Å². The zero-order valence-corrected chi connectivity index (χ0v) is 33.1. The highest BCUT2D eigenvalue weighted by Gasteiger charge is 2.35. The van der Waals surface area contributed by atoms with Crippen molar-refractivity contribution in [1.29, 1.82) is 0 Å². The lowest BCUT2D eigenvalue weighted by atomic mass is 10.1. The fourth-order valence-corrected chi connectivity index (χ4v) is 5.81. The zero-order chi connectivity index (χ0) is 53.0. The molecule has 0 heterocycles. The first-order valence-corrected chi connectivity index (χ1v) is 18.0. The van der Waals surface area contributed by atoms with Crippen LogP contribution in [0.25, 0.3) is 0 Å². The maximum atomic E-state index is 15.0. The van der Waals surface area contributed by atoms with E-state index < -0.39 is 235 Å². The summed E-state index contributed by atoms with van der Waals surface area (Å²) in [5.41, 5.74) is -10.4. The van der Waals surface area contributed by atoms with Gasteiger partial charge in [-0.2, -0.15) is 0 Å². The minimum Gasteiger partial charge on any atom is -0.484 e. The number of rotatable bonds is 15. The molecular weight excluding hydrogens is 1050 g/mol. The smallest absolute Gasteiger partial charge is 0.211 e. The molecule has 0 aliphatic rings. The molecule has 0 amide bonds. The first-order chi connectivity index (χ1) is 33.2. The number of ether oxygens (including phenoxy) is 5. The first-order valence-electron chi connectivity index (χ1n) is 18.0. The monoisotopic (exact) mass is 1060 g/mol. The Bertz CT molecular complexity index is 2870. The minimum atomic E-state index is -2.87. The Morgan fingerprint density at radius 2 is 0.324 bits per heavy atom. The van der Waals surface area contributed by atoms with Crippen molar-refractivity contribution in [1.82, 2.24) is 0 Å². The highest BCUT2D eigenvalue weighted by atomic mass is 19.2. The second-order valence-electron chi connectivity index (χ2n) is 13.5. The molecular formula is C41H11F25O5. The Morgan fingerprint density at radius 1 is 0.183 bits per heavy atom. The molecule has 0 aliphatic carbocycles. The molecule has 0 spiro atoms. The average Bonchev–Trinajstić information content (AvgIpc) is 3.35. The molecule has 6 rings (SSSR count). The maximum Gasteiger partial charge on any atom is 0.211 e. The Hall–Kier alpha value is -7.43. The number of benzene rings is 6. The predicted molar refractivity (Wildman–Crippen MR) is 179 cm³/mol. The van der Waals surface area contributed by atoms with Gasteiger partial charge in [0.15, 0.2) is 128 Å². The molecule has 6 aromatic rings. The van der Waals surface area contributed by atoms with Crippen LogP contribution in [0, 0.1) is 145 Å². The molecule has 5 nitrogen and oxygen atoms in total. The van der Waals surface area contributed by atoms with Gasteiger partial charge in [-0.15, -0.1) is 0 Å². The van der Waals surface area contributed by atoms with E-state index in [4.69, 9.17) is 23.7 Å². The van der Waals surface area contributed by atoms with Crippen molar-refractivity contribution >= 4 is 0 Å². The van der Waals surface area contributed by atoms with Crippen LogP contribution < -0.4 is 23.7 Å². The molecule has 0 atom stereocenters. The Kier molecular flexibility index (Phi) is 15.0. The summed E-state index contributed by atoms with van der Waals surface area (Å²) in [4.78, 5) is 0. The van der Waals surface area contributed by atoms with Crippen LogP contribution in [0.3, 0.4) is 0 Å². The molecule has 0 aromatic heterocycles. The fourth-order valence-electron chi connectivity index (χ4n) is 5.81. The van der Waals surface area contributed by atoms with Gasteiger partial charge in [0, 0.05) is 6.07 Å². The third-order valence-corrected chi connectivity index (χ3v) is 9.45. The first kappa shape index (κ1) is 52.9.